The third kappa shape index (κ3) is 2.91. The molecule has 1 fully saturated rings. The smallest absolute Gasteiger partial charge is 0.232 e. The monoisotopic (exact) mass is 251 g/mol. The van der Waals surface area contributed by atoms with Crippen LogP contribution >= 0.6 is 0 Å². The van der Waals surface area contributed by atoms with Crippen molar-refractivity contribution in [2.75, 3.05) is 0 Å². The van der Waals surface area contributed by atoms with Gasteiger partial charge < -0.3 is 10.3 Å². The average Bonchev–Trinajstić information content (AvgIpc) is 2.86. The summed E-state index contributed by atoms with van der Waals surface area (Å²) in [7, 11) is 0. The van der Waals surface area contributed by atoms with E-state index in [0.717, 1.165) is 18.1 Å². The third-order valence-corrected chi connectivity index (χ3v) is 3.79. The van der Waals surface area contributed by atoms with Crippen molar-refractivity contribution in [2.45, 2.75) is 70.8 Å². The molecule has 2 N–H and O–H groups in total. The van der Waals surface area contributed by atoms with Crippen molar-refractivity contribution in [3.63, 3.8) is 0 Å². The molecule has 0 aliphatic heterocycles. The quantitative estimate of drug-likeness (QED) is 0.874. The van der Waals surface area contributed by atoms with Crippen molar-refractivity contribution in [1.29, 1.82) is 0 Å². The number of nitrogens with two attached hydrogens (primary N) is 1. The van der Waals surface area contributed by atoms with Crippen LogP contribution in [0.15, 0.2) is 4.52 Å². The molecule has 1 aliphatic rings. The average molecular weight is 251 g/mol. The SMILES string of the molecule is CC(C)CC1(c2nc(CC(C)N)no2)CCCC1. The van der Waals surface area contributed by atoms with Crippen LogP contribution in [0.2, 0.25) is 0 Å². The van der Waals surface area contributed by atoms with Crippen molar-refractivity contribution in [3.05, 3.63) is 11.7 Å². The summed E-state index contributed by atoms with van der Waals surface area (Å²) in [6.45, 7) is 6.49. The van der Waals surface area contributed by atoms with Gasteiger partial charge in [0.1, 0.15) is 0 Å². The molecule has 1 heterocycles. The first-order chi connectivity index (χ1) is 8.52. The van der Waals surface area contributed by atoms with Crippen LogP contribution in [-0.2, 0) is 11.8 Å². The molecule has 2 rings (SSSR count). The summed E-state index contributed by atoms with van der Waals surface area (Å²) in [5.41, 5.74) is 5.92. The van der Waals surface area contributed by atoms with Crippen LogP contribution in [-0.4, -0.2) is 16.2 Å². The Morgan fingerprint density at radius 1 is 1.28 bits per heavy atom. The van der Waals surface area contributed by atoms with Crippen LogP contribution in [0.4, 0.5) is 0 Å². The summed E-state index contributed by atoms with van der Waals surface area (Å²) >= 11 is 0. The molecule has 0 spiro atoms. The number of hydrogen-bond donors (Lipinski definition) is 1. The summed E-state index contributed by atoms with van der Waals surface area (Å²) in [5.74, 6) is 2.27. The predicted octanol–water partition coefficient (Wildman–Crippen LogP) is 2.82. The lowest BCUT2D eigenvalue weighted by atomic mass is 9.78. The van der Waals surface area contributed by atoms with Crippen LogP contribution in [0.5, 0.6) is 0 Å². The lowest BCUT2D eigenvalue weighted by molar-refractivity contribution is 0.243. The first kappa shape index (κ1) is 13.5. The van der Waals surface area contributed by atoms with Gasteiger partial charge in [0.25, 0.3) is 0 Å². The summed E-state index contributed by atoms with van der Waals surface area (Å²) in [6.07, 6.45) is 6.76. The lowest BCUT2D eigenvalue weighted by Crippen LogP contribution is -2.25. The molecule has 1 unspecified atom stereocenters. The van der Waals surface area contributed by atoms with Gasteiger partial charge in [0.2, 0.25) is 5.89 Å². The van der Waals surface area contributed by atoms with Crippen LogP contribution in [0.1, 0.15) is 64.6 Å². The minimum Gasteiger partial charge on any atom is -0.339 e. The Morgan fingerprint density at radius 2 is 1.94 bits per heavy atom. The summed E-state index contributed by atoms with van der Waals surface area (Å²) in [4.78, 5) is 4.60. The van der Waals surface area contributed by atoms with Gasteiger partial charge in [0.05, 0.1) is 0 Å². The highest BCUT2D eigenvalue weighted by Gasteiger charge is 2.41. The molecule has 1 aromatic rings. The highest BCUT2D eigenvalue weighted by Crippen LogP contribution is 2.44. The molecule has 102 valence electrons. The number of rotatable bonds is 5. The molecule has 0 bridgehead atoms. The first-order valence-electron chi connectivity index (χ1n) is 7.10. The summed E-state index contributed by atoms with van der Waals surface area (Å²) < 4.78 is 5.54. The molecule has 0 radical (unpaired) electrons. The molecule has 0 saturated heterocycles. The Balaban J connectivity index is 2.18. The maximum atomic E-state index is 5.78. The van der Waals surface area contributed by atoms with Crippen molar-refractivity contribution in [3.8, 4) is 0 Å². The predicted molar refractivity (Wildman–Crippen MR) is 71.3 cm³/mol. The zero-order chi connectivity index (χ0) is 13.2. The van der Waals surface area contributed by atoms with Crippen molar-refractivity contribution < 1.29 is 4.52 Å². The van der Waals surface area contributed by atoms with Gasteiger partial charge in [-0.25, -0.2) is 0 Å². The Labute approximate surface area is 109 Å². The fraction of sp³-hybridized carbons (Fsp3) is 0.857. The maximum Gasteiger partial charge on any atom is 0.232 e. The van der Waals surface area contributed by atoms with Gasteiger partial charge in [-0.05, 0) is 32.1 Å². The molecular formula is C14H25N3O. The normalized spacial score (nSPS) is 20.5. The second-order valence-corrected chi connectivity index (χ2v) is 6.28. The van der Waals surface area contributed by atoms with E-state index in [2.05, 4.69) is 24.0 Å². The Bertz CT molecular complexity index is 378. The second-order valence-electron chi connectivity index (χ2n) is 6.28. The summed E-state index contributed by atoms with van der Waals surface area (Å²) in [5, 5.41) is 4.09. The Morgan fingerprint density at radius 3 is 2.50 bits per heavy atom. The maximum absolute atomic E-state index is 5.78. The standard InChI is InChI=1S/C14H25N3O/c1-10(2)9-14(6-4-5-7-14)13-16-12(17-18-13)8-11(3)15/h10-11H,4-9,15H2,1-3H3. The van der Waals surface area contributed by atoms with Crippen molar-refractivity contribution >= 4 is 0 Å². The second kappa shape index (κ2) is 5.39. The van der Waals surface area contributed by atoms with Gasteiger partial charge in [0, 0.05) is 17.9 Å². The van der Waals surface area contributed by atoms with E-state index in [9.17, 15) is 0 Å². The highest BCUT2D eigenvalue weighted by molar-refractivity contribution is 5.09. The third-order valence-electron chi connectivity index (χ3n) is 3.79. The zero-order valence-corrected chi connectivity index (χ0v) is 11.8. The van der Waals surface area contributed by atoms with Crippen LogP contribution < -0.4 is 5.73 Å². The molecule has 0 amide bonds. The van der Waals surface area contributed by atoms with E-state index in [1.807, 2.05) is 6.92 Å². The number of hydrogen-bond acceptors (Lipinski definition) is 4. The van der Waals surface area contributed by atoms with E-state index >= 15 is 0 Å². The van der Waals surface area contributed by atoms with E-state index in [1.165, 1.54) is 25.7 Å². The van der Waals surface area contributed by atoms with Gasteiger partial charge >= 0.3 is 0 Å². The van der Waals surface area contributed by atoms with E-state index in [-0.39, 0.29) is 11.5 Å². The lowest BCUT2D eigenvalue weighted by Gasteiger charge is -2.26. The molecule has 1 aromatic heterocycles. The zero-order valence-electron chi connectivity index (χ0n) is 11.8. The molecule has 1 atom stereocenters. The molecule has 1 aliphatic carbocycles. The highest BCUT2D eigenvalue weighted by atomic mass is 16.5. The number of aromatic nitrogens is 2. The van der Waals surface area contributed by atoms with Crippen LogP contribution in [0, 0.1) is 5.92 Å². The Hall–Kier alpha value is -0.900. The molecule has 1 saturated carbocycles. The molecule has 4 nitrogen and oxygen atoms in total. The number of nitrogens with zero attached hydrogens (tertiary/aromatic N) is 2. The topological polar surface area (TPSA) is 64.9 Å². The molecular weight excluding hydrogens is 226 g/mol. The van der Waals surface area contributed by atoms with E-state index in [0.29, 0.717) is 12.3 Å². The van der Waals surface area contributed by atoms with Crippen LogP contribution in [0.3, 0.4) is 0 Å². The van der Waals surface area contributed by atoms with E-state index in [4.69, 9.17) is 10.3 Å². The minimum atomic E-state index is 0.0834. The minimum absolute atomic E-state index is 0.0834. The van der Waals surface area contributed by atoms with Gasteiger partial charge in [-0.3, -0.25) is 0 Å². The van der Waals surface area contributed by atoms with Crippen molar-refractivity contribution in [1.82, 2.24) is 10.1 Å². The van der Waals surface area contributed by atoms with Crippen molar-refractivity contribution in [2.24, 2.45) is 11.7 Å². The van der Waals surface area contributed by atoms with Gasteiger partial charge in [0.15, 0.2) is 5.82 Å². The fourth-order valence-corrected chi connectivity index (χ4v) is 3.18. The van der Waals surface area contributed by atoms with Crippen LogP contribution in [0.25, 0.3) is 0 Å². The molecule has 18 heavy (non-hydrogen) atoms. The van der Waals surface area contributed by atoms with Gasteiger partial charge in [-0.15, -0.1) is 0 Å². The fourth-order valence-electron chi connectivity index (χ4n) is 3.18. The van der Waals surface area contributed by atoms with Gasteiger partial charge in [-0.2, -0.15) is 4.98 Å². The Kier molecular flexibility index (Phi) is 4.05. The van der Waals surface area contributed by atoms with Gasteiger partial charge in [-0.1, -0.05) is 31.8 Å². The van der Waals surface area contributed by atoms with E-state index in [1.54, 1.807) is 0 Å². The van der Waals surface area contributed by atoms with E-state index < -0.39 is 0 Å². The molecule has 4 heteroatoms. The summed E-state index contributed by atoms with van der Waals surface area (Å²) in [6, 6.07) is 0.0834. The molecule has 0 aromatic carbocycles. The first-order valence-corrected chi connectivity index (χ1v) is 7.10. The largest absolute Gasteiger partial charge is 0.339 e.